The Balaban J connectivity index is 2.11. The molecular weight excluding hydrogens is 344 g/mol. The predicted molar refractivity (Wildman–Crippen MR) is 102 cm³/mol. The largest absolute Gasteiger partial charge is 0.481 e. The van der Waals surface area contributed by atoms with Crippen molar-refractivity contribution in [2.75, 3.05) is 13.1 Å². The molecule has 1 N–H and O–H groups in total. The second-order valence-electron chi connectivity index (χ2n) is 6.15. The van der Waals surface area contributed by atoms with E-state index >= 15 is 0 Å². The lowest BCUT2D eigenvalue weighted by Gasteiger charge is -2.20. The fourth-order valence-electron chi connectivity index (χ4n) is 3.02. The van der Waals surface area contributed by atoms with Crippen molar-refractivity contribution in [3.05, 3.63) is 48.2 Å². The van der Waals surface area contributed by atoms with Crippen molar-refractivity contribution >= 4 is 22.9 Å². The highest BCUT2D eigenvalue weighted by atomic mass is 16.4. The molecule has 140 valence electrons. The molecule has 0 aliphatic rings. The number of aliphatic carboxylic acids is 1. The highest BCUT2D eigenvalue weighted by Gasteiger charge is 2.21. The Kier molecular flexibility index (Phi) is 5.49. The van der Waals surface area contributed by atoms with E-state index in [1.54, 1.807) is 21.8 Å². The van der Waals surface area contributed by atoms with Gasteiger partial charge < -0.3 is 10.0 Å². The van der Waals surface area contributed by atoms with Gasteiger partial charge in [-0.05, 0) is 19.9 Å². The number of carboxylic acids is 1. The first-order valence-corrected chi connectivity index (χ1v) is 8.98. The summed E-state index contributed by atoms with van der Waals surface area (Å²) in [6.45, 7) is 5.04. The van der Waals surface area contributed by atoms with Crippen LogP contribution in [-0.4, -0.2) is 49.7 Å². The lowest BCUT2D eigenvalue weighted by Crippen LogP contribution is -2.33. The molecule has 0 aliphatic heterocycles. The van der Waals surface area contributed by atoms with Crippen LogP contribution in [0, 0.1) is 0 Å². The van der Waals surface area contributed by atoms with Gasteiger partial charge in [-0.25, -0.2) is 9.67 Å². The summed E-state index contributed by atoms with van der Waals surface area (Å²) in [7, 11) is 0. The number of nitrogens with zero attached hydrogens (tertiary/aromatic N) is 4. The normalized spacial score (nSPS) is 10.9. The number of aromatic nitrogens is 3. The van der Waals surface area contributed by atoms with E-state index in [1.165, 1.54) is 0 Å². The van der Waals surface area contributed by atoms with Crippen molar-refractivity contribution in [2.45, 2.75) is 26.8 Å². The van der Waals surface area contributed by atoms with Crippen molar-refractivity contribution < 1.29 is 14.7 Å². The van der Waals surface area contributed by atoms with E-state index in [2.05, 4.69) is 5.10 Å². The number of carboxylic acid groups (broad SMARTS) is 1. The molecule has 3 aromatic rings. The summed E-state index contributed by atoms with van der Waals surface area (Å²) in [5.41, 5.74) is 2.74. The molecular formula is C20H22N4O3. The van der Waals surface area contributed by atoms with Gasteiger partial charge in [0.05, 0.1) is 29.3 Å². The van der Waals surface area contributed by atoms with E-state index in [-0.39, 0.29) is 18.9 Å². The van der Waals surface area contributed by atoms with Crippen LogP contribution >= 0.6 is 0 Å². The Morgan fingerprint density at radius 2 is 1.93 bits per heavy atom. The highest BCUT2D eigenvalue weighted by molar-refractivity contribution is 6.06. The Hall–Kier alpha value is -3.22. The SMILES string of the molecule is CCN(CCC(=O)O)C(=O)c1cc(-c2ccccc2)nc2c1cnn2CC. The monoisotopic (exact) mass is 366 g/mol. The molecule has 2 heterocycles. The van der Waals surface area contributed by atoms with Crippen LogP contribution in [-0.2, 0) is 11.3 Å². The van der Waals surface area contributed by atoms with E-state index in [9.17, 15) is 9.59 Å². The topological polar surface area (TPSA) is 88.3 Å². The quantitative estimate of drug-likeness (QED) is 0.694. The lowest BCUT2D eigenvalue weighted by molar-refractivity contribution is -0.137. The standard InChI is InChI=1S/C20H22N4O3/c1-3-23(11-10-18(25)26)20(27)15-12-17(14-8-6-5-7-9-14)22-19-16(15)13-21-24(19)4-2/h5-9,12-13H,3-4,10-11H2,1-2H3,(H,25,26). The average molecular weight is 366 g/mol. The van der Waals surface area contributed by atoms with Gasteiger partial charge in [0, 0.05) is 25.2 Å². The Bertz CT molecular complexity index is 966. The molecule has 1 aromatic carbocycles. The van der Waals surface area contributed by atoms with E-state index in [1.807, 2.05) is 44.2 Å². The second-order valence-corrected chi connectivity index (χ2v) is 6.15. The third-order valence-corrected chi connectivity index (χ3v) is 4.47. The fraction of sp³-hybridized carbons (Fsp3) is 0.300. The van der Waals surface area contributed by atoms with E-state index in [4.69, 9.17) is 10.1 Å². The Morgan fingerprint density at radius 3 is 2.56 bits per heavy atom. The number of aryl methyl sites for hydroxylation is 1. The van der Waals surface area contributed by atoms with Crippen LogP contribution < -0.4 is 0 Å². The van der Waals surface area contributed by atoms with Crippen LogP contribution in [0.2, 0.25) is 0 Å². The van der Waals surface area contributed by atoms with Crippen LogP contribution in [0.4, 0.5) is 0 Å². The molecule has 0 saturated heterocycles. The zero-order valence-electron chi connectivity index (χ0n) is 15.4. The molecule has 3 rings (SSSR count). The number of carbonyl (C=O) groups is 2. The maximum Gasteiger partial charge on any atom is 0.305 e. The van der Waals surface area contributed by atoms with Crippen molar-refractivity contribution in [3.8, 4) is 11.3 Å². The summed E-state index contributed by atoms with van der Waals surface area (Å²) in [6.07, 6.45) is 1.56. The third-order valence-electron chi connectivity index (χ3n) is 4.47. The smallest absolute Gasteiger partial charge is 0.305 e. The summed E-state index contributed by atoms with van der Waals surface area (Å²) in [4.78, 5) is 30.3. The highest BCUT2D eigenvalue weighted by Crippen LogP contribution is 2.26. The maximum atomic E-state index is 13.2. The first-order valence-electron chi connectivity index (χ1n) is 8.98. The number of benzene rings is 1. The van der Waals surface area contributed by atoms with Crippen molar-refractivity contribution in [1.29, 1.82) is 0 Å². The van der Waals surface area contributed by atoms with E-state index < -0.39 is 5.97 Å². The molecule has 27 heavy (non-hydrogen) atoms. The minimum atomic E-state index is -0.926. The van der Waals surface area contributed by atoms with Crippen molar-refractivity contribution in [3.63, 3.8) is 0 Å². The number of pyridine rings is 1. The molecule has 0 fully saturated rings. The predicted octanol–water partition coefficient (Wildman–Crippen LogP) is 3.06. The van der Waals surface area contributed by atoms with Gasteiger partial charge in [0.25, 0.3) is 5.91 Å². The number of hydrogen-bond donors (Lipinski definition) is 1. The molecule has 0 radical (unpaired) electrons. The van der Waals surface area contributed by atoms with Crippen LogP contribution in [0.1, 0.15) is 30.6 Å². The summed E-state index contributed by atoms with van der Waals surface area (Å²) in [5.74, 6) is -1.14. The number of amides is 1. The van der Waals surface area contributed by atoms with Crippen molar-refractivity contribution in [1.82, 2.24) is 19.7 Å². The second kappa shape index (κ2) is 7.99. The van der Waals surface area contributed by atoms with Gasteiger partial charge in [0.2, 0.25) is 0 Å². The van der Waals surface area contributed by atoms with Crippen molar-refractivity contribution in [2.24, 2.45) is 0 Å². The van der Waals surface area contributed by atoms with Gasteiger partial charge in [-0.1, -0.05) is 30.3 Å². The molecule has 2 aromatic heterocycles. The fourth-order valence-corrected chi connectivity index (χ4v) is 3.02. The molecule has 0 bridgehead atoms. The maximum absolute atomic E-state index is 13.2. The molecule has 0 aliphatic carbocycles. The van der Waals surface area contributed by atoms with Crippen LogP contribution in [0.5, 0.6) is 0 Å². The first kappa shape index (κ1) is 18.6. The molecule has 0 unspecified atom stereocenters. The zero-order chi connectivity index (χ0) is 19.4. The summed E-state index contributed by atoms with van der Waals surface area (Å²) >= 11 is 0. The van der Waals surface area contributed by atoms with Gasteiger partial charge >= 0.3 is 5.97 Å². The van der Waals surface area contributed by atoms with Gasteiger partial charge in [-0.2, -0.15) is 5.10 Å². The molecule has 7 heteroatoms. The molecule has 1 amide bonds. The van der Waals surface area contributed by atoms with Crippen LogP contribution in [0.3, 0.4) is 0 Å². The average Bonchev–Trinajstić information content (AvgIpc) is 3.11. The number of fused-ring (bicyclic) bond motifs is 1. The zero-order valence-corrected chi connectivity index (χ0v) is 15.4. The lowest BCUT2D eigenvalue weighted by atomic mass is 10.1. The van der Waals surface area contributed by atoms with Gasteiger partial charge in [0.15, 0.2) is 5.65 Å². The van der Waals surface area contributed by atoms with Gasteiger partial charge in [0.1, 0.15) is 0 Å². The molecule has 7 nitrogen and oxygen atoms in total. The van der Waals surface area contributed by atoms with Crippen LogP contribution in [0.25, 0.3) is 22.3 Å². The van der Waals surface area contributed by atoms with E-state index in [0.717, 1.165) is 5.56 Å². The molecule has 0 spiro atoms. The molecule has 0 atom stereocenters. The third kappa shape index (κ3) is 3.81. The number of hydrogen-bond acceptors (Lipinski definition) is 4. The van der Waals surface area contributed by atoms with Gasteiger partial charge in [-0.15, -0.1) is 0 Å². The van der Waals surface area contributed by atoms with Crippen LogP contribution in [0.15, 0.2) is 42.6 Å². The minimum Gasteiger partial charge on any atom is -0.481 e. The Labute approximate surface area is 157 Å². The Morgan fingerprint density at radius 1 is 1.19 bits per heavy atom. The summed E-state index contributed by atoms with van der Waals surface area (Å²) in [6, 6.07) is 11.4. The summed E-state index contributed by atoms with van der Waals surface area (Å²) < 4.78 is 1.76. The first-order chi connectivity index (χ1) is 13.0. The van der Waals surface area contributed by atoms with E-state index in [0.29, 0.717) is 35.4 Å². The molecule has 0 saturated carbocycles. The number of carbonyl (C=O) groups excluding carboxylic acids is 1. The van der Waals surface area contributed by atoms with Gasteiger partial charge in [-0.3, -0.25) is 9.59 Å². The minimum absolute atomic E-state index is 0.0897. The summed E-state index contributed by atoms with van der Waals surface area (Å²) in [5, 5.41) is 14.0. The number of rotatable bonds is 7.